The van der Waals surface area contributed by atoms with Gasteiger partial charge in [-0.1, -0.05) is 26.7 Å². The highest BCUT2D eigenvalue weighted by Gasteiger charge is 2.22. The van der Waals surface area contributed by atoms with Gasteiger partial charge in [0.05, 0.1) is 16.1 Å². The zero-order valence-electron chi connectivity index (χ0n) is 17.7. The van der Waals surface area contributed by atoms with Crippen LogP contribution >= 0.6 is 11.3 Å². The number of rotatable bonds is 7. The number of aromatic nitrogens is 7. The first kappa shape index (κ1) is 19.7. The number of hydrogen-bond acceptors (Lipinski definition) is 6. The van der Waals surface area contributed by atoms with Crippen molar-refractivity contribution in [3.63, 3.8) is 0 Å². The molecule has 4 heterocycles. The lowest BCUT2D eigenvalue weighted by atomic mass is 9.94. The van der Waals surface area contributed by atoms with E-state index in [9.17, 15) is 0 Å². The molecule has 0 fully saturated rings. The molecule has 0 aliphatic heterocycles. The summed E-state index contributed by atoms with van der Waals surface area (Å²) in [5, 5.41) is 9.91. The van der Waals surface area contributed by atoms with E-state index in [1.807, 2.05) is 13.2 Å². The van der Waals surface area contributed by atoms with Gasteiger partial charge in [0, 0.05) is 30.6 Å². The maximum Gasteiger partial charge on any atom is 0.186 e. The van der Waals surface area contributed by atoms with Gasteiger partial charge in [0.15, 0.2) is 16.5 Å². The minimum absolute atomic E-state index is 0.497. The predicted molar refractivity (Wildman–Crippen MR) is 116 cm³/mol. The summed E-state index contributed by atoms with van der Waals surface area (Å²) in [5.74, 6) is 1.27. The van der Waals surface area contributed by atoms with Gasteiger partial charge in [-0.25, -0.2) is 24.1 Å². The van der Waals surface area contributed by atoms with Gasteiger partial charge in [-0.2, -0.15) is 10.2 Å². The van der Waals surface area contributed by atoms with Crippen molar-refractivity contribution >= 4 is 17.0 Å². The van der Waals surface area contributed by atoms with Crippen LogP contribution in [0.25, 0.3) is 26.9 Å². The number of hydrogen-bond donors (Lipinski definition) is 0. The maximum atomic E-state index is 4.91. The Labute approximate surface area is 174 Å². The maximum absolute atomic E-state index is 4.91. The van der Waals surface area contributed by atoms with Gasteiger partial charge in [-0.15, -0.1) is 11.3 Å². The molecule has 0 atom stereocenters. The van der Waals surface area contributed by atoms with Crippen LogP contribution < -0.4 is 0 Å². The molecule has 0 saturated carbocycles. The molecule has 4 rings (SSSR count). The molecule has 0 amide bonds. The summed E-state index contributed by atoms with van der Waals surface area (Å²) in [6.07, 6.45) is 8.11. The number of fused-ring (bicyclic) bond motifs is 1. The molecule has 4 aromatic rings. The topological polar surface area (TPSA) is 73.8 Å². The first-order chi connectivity index (χ1) is 14.0. The summed E-state index contributed by atoms with van der Waals surface area (Å²) in [4.78, 5) is 14.8. The van der Waals surface area contributed by atoms with Crippen molar-refractivity contribution in [1.82, 2.24) is 34.3 Å². The molecule has 0 N–H and O–H groups in total. The van der Waals surface area contributed by atoms with Crippen LogP contribution in [0.5, 0.6) is 0 Å². The molecule has 8 heteroatoms. The highest BCUT2D eigenvalue weighted by Crippen LogP contribution is 2.36. The van der Waals surface area contributed by atoms with E-state index in [1.165, 1.54) is 5.69 Å². The van der Waals surface area contributed by atoms with E-state index in [4.69, 9.17) is 10.1 Å². The predicted octanol–water partition coefficient (Wildman–Crippen LogP) is 4.95. The average Bonchev–Trinajstić information content (AvgIpc) is 3.39. The molecule has 0 aliphatic rings. The lowest BCUT2D eigenvalue weighted by Crippen LogP contribution is -2.08. The Kier molecular flexibility index (Phi) is 5.45. The van der Waals surface area contributed by atoms with E-state index in [0.29, 0.717) is 5.92 Å². The zero-order valence-corrected chi connectivity index (χ0v) is 18.5. The number of thiazole rings is 1. The second-order valence-corrected chi connectivity index (χ2v) is 8.56. The lowest BCUT2D eigenvalue weighted by Gasteiger charge is -2.17. The molecular formula is C21H27N7S. The molecule has 0 saturated heterocycles. The normalized spacial score (nSPS) is 11.8. The van der Waals surface area contributed by atoms with Gasteiger partial charge in [-0.05, 0) is 32.8 Å². The molecule has 7 nitrogen and oxygen atoms in total. The van der Waals surface area contributed by atoms with Gasteiger partial charge in [0.2, 0.25) is 0 Å². The third-order valence-corrected chi connectivity index (χ3v) is 6.28. The van der Waals surface area contributed by atoms with Crippen molar-refractivity contribution < 1.29 is 0 Å². The monoisotopic (exact) mass is 409 g/mol. The summed E-state index contributed by atoms with van der Waals surface area (Å²) in [7, 11) is 1.88. The summed E-state index contributed by atoms with van der Waals surface area (Å²) < 4.78 is 3.81. The van der Waals surface area contributed by atoms with Gasteiger partial charge in [-0.3, -0.25) is 0 Å². The Morgan fingerprint density at radius 2 is 1.86 bits per heavy atom. The van der Waals surface area contributed by atoms with Crippen LogP contribution in [-0.2, 0) is 7.05 Å². The quantitative estimate of drug-likeness (QED) is 0.432. The molecule has 0 aliphatic carbocycles. The largest absolute Gasteiger partial charge is 0.247 e. The lowest BCUT2D eigenvalue weighted by molar-refractivity contribution is 0.533. The third kappa shape index (κ3) is 3.57. The van der Waals surface area contributed by atoms with Crippen LogP contribution in [0.3, 0.4) is 0 Å². The molecule has 4 aromatic heterocycles. The second kappa shape index (κ2) is 8.02. The van der Waals surface area contributed by atoms with Crippen LogP contribution in [0.2, 0.25) is 0 Å². The standard InChI is InChI=1S/C21H27N7S/c1-6-8-15(9-7-2)16-10-13(3)25-19-18(14(4)26-28(16)19)17-11-22-21(29-17)20-23-12-24-27(20)5/h10-12,15H,6-9H2,1-5H3. The van der Waals surface area contributed by atoms with Crippen molar-refractivity contribution in [2.24, 2.45) is 7.05 Å². The van der Waals surface area contributed by atoms with Crippen LogP contribution in [0, 0.1) is 13.8 Å². The number of nitrogens with zero attached hydrogens (tertiary/aromatic N) is 7. The second-order valence-electron chi connectivity index (χ2n) is 7.53. The SMILES string of the molecule is CCCC(CCC)c1cc(C)nc2c(-c3cnc(-c4ncnn4C)s3)c(C)nn12. The zero-order chi connectivity index (χ0) is 20.5. The highest BCUT2D eigenvalue weighted by atomic mass is 32.1. The minimum Gasteiger partial charge on any atom is -0.247 e. The molecular weight excluding hydrogens is 382 g/mol. The van der Waals surface area contributed by atoms with Crippen molar-refractivity contribution in [2.75, 3.05) is 0 Å². The summed E-state index contributed by atoms with van der Waals surface area (Å²) in [6.45, 7) is 8.62. The van der Waals surface area contributed by atoms with E-state index in [-0.39, 0.29) is 0 Å². The fourth-order valence-corrected chi connectivity index (χ4v) is 5.01. The Hall–Kier alpha value is -2.61. The Morgan fingerprint density at radius 1 is 1.10 bits per heavy atom. The minimum atomic E-state index is 0.497. The average molecular weight is 410 g/mol. The summed E-state index contributed by atoms with van der Waals surface area (Å²) in [6, 6.07) is 2.21. The smallest absolute Gasteiger partial charge is 0.186 e. The van der Waals surface area contributed by atoms with E-state index in [0.717, 1.165) is 64.0 Å². The highest BCUT2D eigenvalue weighted by molar-refractivity contribution is 7.18. The summed E-state index contributed by atoms with van der Waals surface area (Å²) >= 11 is 1.60. The van der Waals surface area contributed by atoms with Gasteiger partial charge in [0.1, 0.15) is 6.33 Å². The van der Waals surface area contributed by atoms with Crippen LogP contribution in [0.15, 0.2) is 18.6 Å². The van der Waals surface area contributed by atoms with Crippen LogP contribution in [0.1, 0.15) is 62.5 Å². The van der Waals surface area contributed by atoms with Crippen molar-refractivity contribution in [1.29, 1.82) is 0 Å². The molecule has 0 unspecified atom stereocenters. The molecule has 0 aromatic carbocycles. The van der Waals surface area contributed by atoms with Crippen molar-refractivity contribution in [2.45, 2.75) is 59.3 Å². The fourth-order valence-electron chi connectivity index (χ4n) is 3.97. The third-order valence-electron chi connectivity index (χ3n) is 5.27. The molecule has 0 bridgehead atoms. The molecule has 29 heavy (non-hydrogen) atoms. The number of aryl methyl sites for hydroxylation is 3. The van der Waals surface area contributed by atoms with Crippen LogP contribution in [-0.4, -0.2) is 34.3 Å². The fraction of sp³-hybridized carbons (Fsp3) is 0.476. The van der Waals surface area contributed by atoms with Crippen molar-refractivity contribution in [3.8, 4) is 21.3 Å². The van der Waals surface area contributed by atoms with Gasteiger partial charge < -0.3 is 0 Å². The van der Waals surface area contributed by atoms with E-state index in [1.54, 1.807) is 22.3 Å². The summed E-state index contributed by atoms with van der Waals surface area (Å²) in [5.41, 5.74) is 5.26. The molecule has 0 spiro atoms. The van der Waals surface area contributed by atoms with Gasteiger partial charge >= 0.3 is 0 Å². The molecule has 152 valence electrons. The Bertz CT molecular complexity index is 1130. The van der Waals surface area contributed by atoms with E-state index >= 15 is 0 Å². The Morgan fingerprint density at radius 3 is 2.52 bits per heavy atom. The van der Waals surface area contributed by atoms with E-state index in [2.05, 4.69) is 53.3 Å². The first-order valence-corrected chi connectivity index (χ1v) is 11.0. The van der Waals surface area contributed by atoms with Gasteiger partial charge in [0.25, 0.3) is 0 Å². The van der Waals surface area contributed by atoms with E-state index < -0.39 is 0 Å². The molecule has 0 radical (unpaired) electrons. The first-order valence-electron chi connectivity index (χ1n) is 10.2. The Balaban J connectivity index is 1.85. The van der Waals surface area contributed by atoms with Crippen molar-refractivity contribution in [3.05, 3.63) is 35.7 Å². The van der Waals surface area contributed by atoms with Crippen LogP contribution in [0.4, 0.5) is 0 Å².